The third-order valence-corrected chi connectivity index (χ3v) is 8.35. The van der Waals surface area contributed by atoms with E-state index in [0.717, 1.165) is 70.6 Å². The number of carbonyl (C=O) groups is 3. The second-order valence-corrected chi connectivity index (χ2v) is 14.2. The topological polar surface area (TPSA) is 136 Å². The van der Waals surface area contributed by atoms with Gasteiger partial charge in [0, 0.05) is 19.3 Å². The molecule has 0 fully saturated rings. The Bertz CT molecular complexity index is 1190. The molecule has 0 rings (SSSR count). The van der Waals surface area contributed by atoms with Gasteiger partial charge < -0.3 is 19.3 Å². The van der Waals surface area contributed by atoms with Crippen LogP contribution in [0.2, 0.25) is 0 Å². The predicted molar refractivity (Wildman–Crippen MR) is 216 cm³/mol. The Morgan fingerprint density at radius 3 is 1.64 bits per heavy atom. The quantitative estimate of drug-likeness (QED) is 0.0161. The molecule has 0 heterocycles. The van der Waals surface area contributed by atoms with Crippen LogP contribution in [0.4, 0.5) is 0 Å². The molecule has 0 aliphatic rings. The largest absolute Gasteiger partial charge is 0.469 e. The fraction of sp³-hybridized carbons (Fsp3) is 0.605. The molecule has 2 N–H and O–H groups in total. The number of unbranched alkanes of at least 4 members (excludes halogenated alkanes) is 10. The van der Waals surface area contributed by atoms with Gasteiger partial charge >= 0.3 is 19.8 Å². The van der Waals surface area contributed by atoms with Gasteiger partial charge in [-0.05, 0) is 83.1 Å². The molecule has 0 amide bonds. The Hall–Kier alpha value is -3.10. The molecule has 0 spiro atoms. The van der Waals surface area contributed by atoms with Crippen LogP contribution in [0.5, 0.6) is 0 Å². The molecule has 0 radical (unpaired) electrons. The first kappa shape index (κ1) is 49.9. The van der Waals surface area contributed by atoms with E-state index in [2.05, 4.69) is 54.8 Å². The molecule has 9 nitrogen and oxygen atoms in total. The summed E-state index contributed by atoms with van der Waals surface area (Å²) in [5, 5.41) is 0. The first-order valence-electron chi connectivity index (χ1n) is 19.8. The van der Waals surface area contributed by atoms with Crippen molar-refractivity contribution in [3.63, 3.8) is 0 Å². The fourth-order valence-corrected chi connectivity index (χ4v) is 5.22. The Morgan fingerprint density at radius 2 is 1.04 bits per heavy atom. The van der Waals surface area contributed by atoms with Crippen molar-refractivity contribution in [2.24, 2.45) is 0 Å². The van der Waals surface area contributed by atoms with Crippen molar-refractivity contribution in [1.29, 1.82) is 0 Å². The summed E-state index contributed by atoms with van der Waals surface area (Å²) < 4.78 is 26.2. The van der Waals surface area contributed by atoms with Gasteiger partial charge in [0.15, 0.2) is 11.9 Å². The van der Waals surface area contributed by atoms with Crippen LogP contribution in [0, 0.1) is 0 Å². The molecule has 0 saturated carbocycles. The van der Waals surface area contributed by atoms with E-state index in [-0.39, 0.29) is 25.2 Å². The summed E-state index contributed by atoms with van der Waals surface area (Å²) in [6.07, 6.45) is 45.7. The number of hydrogen-bond donors (Lipinski definition) is 2. The van der Waals surface area contributed by atoms with E-state index in [1.165, 1.54) is 25.7 Å². The number of allylic oxidation sites excluding steroid dienone is 14. The highest BCUT2D eigenvalue weighted by molar-refractivity contribution is 7.46. The summed E-state index contributed by atoms with van der Waals surface area (Å²) in [6.45, 7) is 3.41. The normalized spacial score (nSPS) is 13.3. The monoisotopic (exact) mass is 760 g/mol. The summed E-state index contributed by atoms with van der Waals surface area (Å²) in [7, 11) is -4.79. The molecule has 53 heavy (non-hydrogen) atoms. The summed E-state index contributed by atoms with van der Waals surface area (Å²) in [6, 6.07) is 0. The van der Waals surface area contributed by atoms with Crippen LogP contribution in [0.3, 0.4) is 0 Å². The molecular formula is C43H69O9P. The first-order chi connectivity index (χ1) is 25.7. The molecule has 0 aliphatic carbocycles. The lowest BCUT2D eigenvalue weighted by Gasteiger charge is -2.18. The van der Waals surface area contributed by atoms with E-state index in [4.69, 9.17) is 19.3 Å². The fourth-order valence-electron chi connectivity index (χ4n) is 4.85. The maximum atomic E-state index is 12.4. The van der Waals surface area contributed by atoms with Crippen molar-refractivity contribution in [3.8, 4) is 0 Å². The zero-order valence-electron chi connectivity index (χ0n) is 32.6. The highest BCUT2D eigenvalue weighted by atomic mass is 31.2. The smallest absolute Gasteiger partial charge is 0.462 e. The van der Waals surface area contributed by atoms with Crippen molar-refractivity contribution in [2.45, 2.75) is 155 Å². The minimum absolute atomic E-state index is 0.0999. The van der Waals surface area contributed by atoms with E-state index in [9.17, 15) is 18.9 Å². The van der Waals surface area contributed by atoms with E-state index in [0.29, 0.717) is 25.7 Å². The van der Waals surface area contributed by atoms with Gasteiger partial charge in [-0.25, -0.2) is 4.57 Å². The molecule has 0 bridgehead atoms. The number of hydrogen-bond acceptors (Lipinski definition) is 7. The van der Waals surface area contributed by atoms with E-state index < -0.39 is 32.5 Å². The Kier molecular flexibility index (Phi) is 35.0. The lowest BCUT2D eigenvalue weighted by molar-refractivity contribution is -0.161. The summed E-state index contributed by atoms with van der Waals surface area (Å²) in [4.78, 5) is 54.4. The molecule has 0 aromatic rings. The van der Waals surface area contributed by atoms with Crippen LogP contribution in [0.1, 0.15) is 149 Å². The predicted octanol–water partition coefficient (Wildman–Crippen LogP) is 11.2. The van der Waals surface area contributed by atoms with E-state index in [1.807, 2.05) is 36.5 Å². The lowest BCUT2D eigenvalue weighted by Crippen LogP contribution is -2.29. The van der Waals surface area contributed by atoms with Gasteiger partial charge in [0.25, 0.3) is 0 Å². The molecule has 0 aromatic carbocycles. The summed E-state index contributed by atoms with van der Waals surface area (Å²) >= 11 is 0. The standard InChI is InChI=1S/C43H69O9P/c1-3-5-7-8-9-10-11-12-13-14-15-16-19-22-25-28-32-36-42(45)50-38-41(39-51-53(47,48)49)52-43(46)37-33-29-26-23-20-17-18-21-24-27-31-35-40(44)34-30-6-4-2/h9-10,12-13,15-18,23-24,26-27,31,35,41H,3-8,11,14,19-22,25,28-30,32-34,36-39H2,1-2H3,(H2,47,48,49)/b10-9-,13-12-,16-15-,18-17-,26-23-,27-24-,35-31+/t41-/m1/s1. The number of ether oxygens (including phenoxy) is 2. The molecule has 0 aromatic heterocycles. The Morgan fingerprint density at radius 1 is 0.547 bits per heavy atom. The number of ketones is 1. The van der Waals surface area contributed by atoms with Crippen LogP contribution in [-0.4, -0.2) is 46.8 Å². The SMILES string of the molecule is CCCCC/C=C\C/C=C\C/C=C\CCCCCCC(=O)OC[C@H](COP(=O)(O)O)OC(=O)CCC/C=C\C/C=C\C/C=C\C=C\C(=O)CCCCC. The molecule has 1 atom stereocenters. The van der Waals surface area contributed by atoms with Crippen molar-refractivity contribution in [3.05, 3.63) is 85.1 Å². The van der Waals surface area contributed by atoms with E-state index in [1.54, 1.807) is 12.2 Å². The highest BCUT2D eigenvalue weighted by Crippen LogP contribution is 2.35. The molecular weight excluding hydrogens is 691 g/mol. The third-order valence-electron chi connectivity index (χ3n) is 7.86. The van der Waals surface area contributed by atoms with E-state index >= 15 is 0 Å². The Labute approximate surface area is 320 Å². The van der Waals surface area contributed by atoms with Crippen molar-refractivity contribution in [1.82, 2.24) is 0 Å². The maximum absolute atomic E-state index is 12.4. The van der Waals surface area contributed by atoms with Crippen LogP contribution >= 0.6 is 7.82 Å². The summed E-state index contributed by atoms with van der Waals surface area (Å²) in [5.41, 5.74) is 0. The first-order valence-corrected chi connectivity index (χ1v) is 21.4. The minimum atomic E-state index is -4.79. The molecule has 10 heteroatoms. The van der Waals surface area contributed by atoms with Gasteiger partial charge in [-0.3, -0.25) is 18.9 Å². The maximum Gasteiger partial charge on any atom is 0.469 e. The number of esters is 2. The lowest BCUT2D eigenvalue weighted by atomic mass is 10.1. The zero-order chi connectivity index (χ0) is 39.1. The average Bonchev–Trinajstić information content (AvgIpc) is 3.12. The van der Waals surface area contributed by atoms with Gasteiger partial charge in [-0.15, -0.1) is 0 Å². The third kappa shape index (κ3) is 39.9. The van der Waals surface area contributed by atoms with Crippen molar-refractivity contribution >= 4 is 25.5 Å². The number of phosphoric ester groups is 1. The average molecular weight is 761 g/mol. The minimum Gasteiger partial charge on any atom is -0.462 e. The Balaban J connectivity index is 4.16. The number of rotatable bonds is 35. The number of carbonyl (C=O) groups excluding carboxylic acids is 3. The molecule has 300 valence electrons. The zero-order valence-corrected chi connectivity index (χ0v) is 33.5. The van der Waals surface area contributed by atoms with Gasteiger partial charge in [-0.1, -0.05) is 131 Å². The van der Waals surface area contributed by atoms with Crippen molar-refractivity contribution < 1.29 is 42.7 Å². The second-order valence-electron chi connectivity index (χ2n) is 12.9. The van der Waals surface area contributed by atoms with Crippen LogP contribution < -0.4 is 0 Å². The summed E-state index contributed by atoms with van der Waals surface area (Å²) in [5.74, 6) is -0.858. The van der Waals surface area contributed by atoms with Gasteiger partial charge in [0.1, 0.15) is 6.61 Å². The van der Waals surface area contributed by atoms with Gasteiger partial charge in [0.05, 0.1) is 6.61 Å². The molecule has 0 unspecified atom stereocenters. The molecule has 0 aliphatic heterocycles. The number of phosphoric acid groups is 1. The van der Waals surface area contributed by atoms with Crippen LogP contribution in [-0.2, 0) is 32.9 Å². The van der Waals surface area contributed by atoms with Crippen LogP contribution in [0.25, 0.3) is 0 Å². The van der Waals surface area contributed by atoms with Crippen molar-refractivity contribution in [2.75, 3.05) is 13.2 Å². The van der Waals surface area contributed by atoms with Crippen LogP contribution in [0.15, 0.2) is 85.1 Å². The highest BCUT2D eigenvalue weighted by Gasteiger charge is 2.22. The second kappa shape index (κ2) is 37.2. The van der Waals surface area contributed by atoms with Gasteiger partial charge in [0.2, 0.25) is 0 Å². The molecule has 0 saturated heterocycles. The van der Waals surface area contributed by atoms with Gasteiger partial charge in [-0.2, -0.15) is 0 Å².